The molecule has 2 rings (SSSR count). The number of hydrogen-bond acceptors (Lipinski definition) is 4. The molecule has 1 N–H and O–H groups in total. The molecule has 1 amide bonds. The number of ketones is 1. The molecule has 1 saturated carbocycles. The minimum atomic E-state index is -0.972. The van der Waals surface area contributed by atoms with Crippen LogP contribution in [0.15, 0.2) is 0 Å². The molecule has 2 aliphatic rings. The first-order chi connectivity index (χ1) is 9.16. The van der Waals surface area contributed by atoms with Crippen LogP contribution in [0.1, 0.15) is 40.0 Å². The van der Waals surface area contributed by atoms with Crippen molar-refractivity contribution in [2.75, 3.05) is 13.1 Å². The number of Topliss-reactive ketones (excluding diaryl/α,β-unsaturated/α-hetero) is 1. The van der Waals surface area contributed by atoms with Crippen LogP contribution in [0.5, 0.6) is 0 Å². The van der Waals surface area contributed by atoms with E-state index in [1.807, 2.05) is 0 Å². The minimum absolute atomic E-state index is 0.0680. The van der Waals surface area contributed by atoms with Gasteiger partial charge in [-0.2, -0.15) is 0 Å². The van der Waals surface area contributed by atoms with Crippen molar-refractivity contribution in [3.8, 4) is 0 Å². The Labute approximate surface area is 118 Å². The van der Waals surface area contributed by atoms with E-state index >= 15 is 0 Å². The molecule has 1 saturated heterocycles. The van der Waals surface area contributed by atoms with Gasteiger partial charge in [-0.1, -0.05) is 0 Å². The molecule has 0 aromatic heterocycles. The summed E-state index contributed by atoms with van der Waals surface area (Å²) in [5.74, 6) is -0.676. The number of rotatable bonds is 1. The number of carbonyl (C=O) groups excluding carboxylic acids is 2. The molecule has 1 heterocycles. The molecule has 0 aromatic carbocycles. The van der Waals surface area contributed by atoms with Crippen molar-refractivity contribution in [1.82, 2.24) is 4.90 Å². The lowest BCUT2D eigenvalue weighted by molar-refractivity contribution is -0.181. The molecule has 0 radical (unpaired) electrons. The molecule has 1 spiro atoms. The second-order valence-electron chi connectivity index (χ2n) is 6.64. The lowest BCUT2D eigenvalue weighted by atomic mass is 9.54. The summed E-state index contributed by atoms with van der Waals surface area (Å²) in [6, 6.07) is 0. The van der Waals surface area contributed by atoms with Crippen LogP contribution in [0, 0.1) is 11.3 Å². The molecule has 1 aliphatic carbocycles. The maximum absolute atomic E-state index is 12.2. The number of amides is 1. The van der Waals surface area contributed by atoms with E-state index in [4.69, 9.17) is 9.84 Å². The van der Waals surface area contributed by atoms with Crippen molar-refractivity contribution in [3.63, 3.8) is 0 Å². The number of nitrogens with zero attached hydrogens (tertiary/aromatic N) is 1. The van der Waals surface area contributed by atoms with Crippen LogP contribution in [0.25, 0.3) is 0 Å². The van der Waals surface area contributed by atoms with Crippen molar-refractivity contribution >= 4 is 17.8 Å². The Kier molecular flexibility index (Phi) is 3.52. The average Bonchev–Trinajstić information content (AvgIpc) is 2.33. The Morgan fingerprint density at radius 1 is 1.30 bits per heavy atom. The number of carboxylic acid groups (broad SMARTS) is 1. The van der Waals surface area contributed by atoms with Gasteiger partial charge in [-0.15, -0.1) is 0 Å². The summed E-state index contributed by atoms with van der Waals surface area (Å²) in [5, 5.41) is 8.94. The topological polar surface area (TPSA) is 83.9 Å². The molecule has 112 valence electrons. The van der Waals surface area contributed by atoms with Crippen LogP contribution in [0.4, 0.5) is 4.79 Å². The summed E-state index contributed by atoms with van der Waals surface area (Å²) < 4.78 is 5.37. The SMILES string of the molecule is CC(C)(C)OC(=O)[C@H]1CC(=O)C12CCN(C(=O)O)CC2. The smallest absolute Gasteiger partial charge is 0.407 e. The zero-order chi connectivity index (χ0) is 15.1. The Morgan fingerprint density at radius 3 is 2.25 bits per heavy atom. The average molecular weight is 283 g/mol. The molecule has 1 atom stereocenters. The highest BCUT2D eigenvalue weighted by Crippen LogP contribution is 2.51. The summed E-state index contributed by atoms with van der Waals surface area (Å²) in [5.41, 5.74) is -1.26. The summed E-state index contributed by atoms with van der Waals surface area (Å²) in [6.07, 6.45) is 0.0898. The standard InChI is InChI=1S/C14H21NO5/c1-13(2,3)20-11(17)9-8-10(16)14(9)4-6-15(7-5-14)12(18)19/h9H,4-8H2,1-3H3,(H,18,19)/t9-/m1/s1. The first kappa shape index (κ1) is 14.8. The normalized spacial score (nSPS) is 25.2. The van der Waals surface area contributed by atoms with E-state index in [0.717, 1.165) is 0 Å². The maximum Gasteiger partial charge on any atom is 0.407 e. The van der Waals surface area contributed by atoms with Crippen LogP contribution in [-0.2, 0) is 14.3 Å². The molecular weight excluding hydrogens is 262 g/mol. The van der Waals surface area contributed by atoms with Crippen LogP contribution in [0.3, 0.4) is 0 Å². The van der Waals surface area contributed by atoms with Crippen molar-refractivity contribution in [2.24, 2.45) is 11.3 Å². The Hall–Kier alpha value is -1.59. The van der Waals surface area contributed by atoms with Crippen molar-refractivity contribution < 1.29 is 24.2 Å². The largest absolute Gasteiger partial charge is 0.465 e. The third-order valence-electron chi connectivity index (χ3n) is 4.23. The Bertz CT molecular complexity index is 443. The van der Waals surface area contributed by atoms with Gasteiger partial charge < -0.3 is 14.7 Å². The molecule has 0 bridgehead atoms. The van der Waals surface area contributed by atoms with Gasteiger partial charge in [0.2, 0.25) is 0 Å². The molecule has 2 fully saturated rings. The number of carbonyl (C=O) groups is 3. The molecule has 6 nitrogen and oxygen atoms in total. The van der Waals surface area contributed by atoms with E-state index in [1.54, 1.807) is 20.8 Å². The van der Waals surface area contributed by atoms with E-state index in [1.165, 1.54) is 4.90 Å². The van der Waals surface area contributed by atoms with Crippen molar-refractivity contribution in [1.29, 1.82) is 0 Å². The number of ether oxygens (including phenoxy) is 1. The number of esters is 1. The number of piperidine rings is 1. The lowest BCUT2D eigenvalue weighted by Gasteiger charge is -2.50. The quantitative estimate of drug-likeness (QED) is 0.740. The molecule has 6 heteroatoms. The second kappa shape index (κ2) is 4.75. The zero-order valence-corrected chi connectivity index (χ0v) is 12.1. The maximum atomic E-state index is 12.2. The number of likely N-dealkylation sites (tertiary alicyclic amines) is 1. The summed E-state index contributed by atoms with van der Waals surface area (Å²) in [7, 11) is 0. The fourth-order valence-corrected chi connectivity index (χ4v) is 3.05. The van der Waals surface area contributed by atoms with E-state index in [-0.39, 0.29) is 18.2 Å². The first-order valence-electron chi connectivity index (χ1n) is 6.90. The van der Waals surface area contributed by atoms with Gasteiger partial charge in [0.05, 0.1) is 5.92 Å². The van der Waals surface area contributed by atoms with Gasteiger partial charge in [-0.05, 0) is 33.6 Å². The first-order valence-corrected chi connectivity index (χ1v) is 6.90. The summed E-state index contributed by atoms with van der Waals surface area (Å²) >= 11 is 0. The third kappa shape index (κ3) is 2.51. The van der Waals surface area contributed by atoms with E-state index in [2.05, 4.69) is 0 Å². The van der Waals surface area contributed by atoms with Crippen LogP contribution in [0.2, 0.25) is 0 Å². The van der Waals surface area contributed by atoms with Crippen molar-refractivity contribution in [3.05, 3.63) is 0 Å². The van der Waals surface area contributed by atoms with Crippen LogP contribution in [-0.4, -0.2) is 46.5 Å². The predicted octanol–water partition coefficient (Wildman–Crippen LogP) is 1.68. The molecule has 1 aliphatic heterocycles. The third-order valence-corrected chi connectivity index (χ3v) is 4.23. The van der Waals surface area contributed by atoms with E-state index < -0.39 is 23.0 Å². The van der Waals surface area contributed by atoms with Crippen LogP contribution < -0.4 is 0 Å². The molecule has 0 aromatic rings. The Balaban J connectivity index is 2.05. The highest BCUT2D eigenvalue weighted by molar-refractivity contribution is 6.00. The highest BCUT2D eigenvalue weighted by Gasteiger charge is 2.59. The highest BCUT2D eigenvalue weighted by atomic mass is 16.6. The summed E-state index contributed by atoms with van der Waals surface area (Å²) in [6.45, 7) is 6.00. The molecule has 0 unspecified atom stereocenters. The molecular formula is C14H21NO5. The van der Waals surface area contributed by atoms with Gasteiger partial charge in [0.25, 0.3) is 0 Å². The van der Waals surface area contributed by atoms with E-state index in [0.29, 0.717) is 25.9 Å². The fourth-order valence-electron chi connectivity index (χ4n) is 3.05. The minimum Gasteiger partial charge on any atom is -0.465 e. The van der Waals surface area contributed by atoms with Crippen LogP contribution >= 0.6 is 0 Å². The fraction of sp³-hybridized carbons (Fsp3) is 0.786. The number of hydrogen-bond donors (Lipinski definition) is 1. The predicted molar refractivity (Wildman–Crippen MR) is 70.2 cm³/mol. The lowest BCUT2D eigenvalue weighted by Crippen LogP contribution is -2.59. The van der Waals surface area contributed by atoms with Gasteiger partial charge in [-0.25, -0.2) is 4.79 Å². The zero-order valence-electron chi connectivity index (χ0n) is 12.1. The Morgan fingerprint density at radius 2 is 1.85 bits per heavy atom. The summed E-state index contributed by atoms with van der Waals surface area (Å²) in [4.78, 5) is 36.4. The van der Waals surface area contributed by atoms with E-state index in [9.17, 15) is 14.4 Å². The van der Waals surface area contributed by atoms with Gasteiger partial charge >= 0.3 is 12.1 Å². The monoisotopic (exact) mass is 283 g/mol. The van der Waals surface area contributed by atoms with Gasteiger partial charge in [0.15, 0.2) is 0 Å². The van der Waals surface area contributed by atoms with Gasteiger partial charge in [0.1, 0.15) is 11.4 Å². The van der Waals surface area contributed by atoms with Gasteiger partial charge in [0, 0.05) is 24.9 Å². The second-order valence-corrected chi connectivity index (χ2v) is 6.64. The van der Waals surface area contributed by atoms with Gasteiger partial charge in [-0.3, -0.25) is 9.59 Å². The molecule has 20 heavy (non-hydrogen) atoms. The van der Waals surface area contributed by atoms with Crippen molar-refractivity contribution in [2.45, 2.75) is 45.6 Å².